The standard InChI is InChI=1S/C24H26ClN3O2.C24H22ClN3O2.C20H18ClN3O2.C17H18Cl2N2O2/c2*1-16-19(15-18-7-5-6-8-20(18)25)21(10-9-17-11-13-26-14-12-17)28-22(27-16)23(29)30-24(2,3)4;1-13-16(12-15-4-2-3-5-17(15)21)18(24-19(23-13)20(25)26)7-6-14-8-10-22-11-9-14;1-10-12(9-11-7-5-6-8-13(11)18)14(19)21-15(20-10)16(22)23-17(2,3)4/h5-8,11-14H,9-10,15H2,1-4H3;5-8,11-14H,15H2,1-4H3;2-5,8-11H,6-7,12H2,1H3,(H,25,26);5-8H,9H2,1-4H3. The molecule has 0 saturated carbocycles. The van der Waals surface area contributed by atoms with Crippen LogP contribution in [0.1, 0.15) is 206 Å². The third-order valence-electron chi connectivity index (χ3n) is 16.0. The number of aromatic carboxylic acids is 1. The predicted octanol–water partition coefficient (Wildman–Crippen LogP) is 18.5. The monoisotopic (exact) mass is 1560 g/mol. The highest BCUT2D eigenvalue weighted by atomic mass is 35.5. The van der Waals surface area contributed by atoms with Crippen LogP contribution >= 0.6 is 58.0 Å². The molecule has 0 aliphatic heterocycles. The van der Waals surface area contributed by atoms with Crippen LogP contribution < -0.4 is 0 Å². The Kier molecular flexibility index (Phi) is 30.2. The maximum Gasteiger partial charge on any atom is 0.376 e. The number of esters is 3. The van der Waals surface area contributed by atoms with Gasteiger partial charge in [-0.05, 0) is 227 Å². The number of aryl methyl sites for hydroxylation is 8. The molecule has 0 amide bonds. The van der Waals surface area contributed by atoms with E-state index < -0.39 is 40.7 Å². The largest absolute Gasteiger partial charge is 0.475 e. The molecule has 7 aromatic heterocycles. The van der Waals surface area contributed by atoms with Crippen LogP contribution in [0.4, 0.5) is 0 Å². The average Bonchev–Trinajstić information content (AvgIpc) is 0.821. The van der Waals surface area contributed by atoms with Crippen LogP contribution in [0.15, 0.2) is 171 Å². The van der Waals surface area contributed by atoms with E-state index in [1.807, 2.05) is 175 Å². The van der Waals surface area contributed by atoms with Crippen LogP contribution in [0, 0.1) is 39.5 Å². The topological polar surface area (TPSA) is 258 Å². The number of benzene rings is 4. The zero-order valence-electron chi connectivity index (χ0n) is 62.9. The lowest BCUT2D eigenvalue weighted by Crippen LogP contribution is -2.26. The van der Waals surface area contributed by atoms with E-state index in [0.717, 1.165) is 91.1 Å². The van der Waals surface area contributed by atoms with Crippen molar-refractivity contribution in [3.8, 4) is 11.8 Å². The van der Waals surface area contributed by atoms with Gasteiger partial charge in [-0.1, -0.05) is 137 Å². The number of carbonyl (C=O) groups is 4. The van der Waals surface area contributed by atoms with E-state index in [4.69, 9.17) is 72.2 Å². The second-order valence-corrected chi connectivity index (χ2v) is 30.0. The summed E-state index contributed by atoms with van der Waals surface area (Å²) in [5.74, 6) is 3.23. The van der Waals surface area contributed by atoms with Gasteiger partial charge in [0.15, 0.2) is 0 Å². The van der Waals surface area contributed by atoms with Gasteiger partial charge in [-0.15, -0.1) is 0 Å². The summed E-state index contributed by atoms with van der Waals surface area (Å²) in [5, 5.41) is 12.2. The fourth-order valence-electron chi connectivity index (χ4n) is 10.7. The lowest BCUT2D eigenvalue weighted by Gasteiger charge is -2.20. The fourth-order valence-corrected chi connectivity index (χ4v) is 11.8. The number of carbonyl (C=O) groups excluding carboxylic acids is 3. The number of pyridine rings is 3. The number of rotatable bonds is 18. The first-order valence-electron chi connectivity index (χ1n) is 34.9. The van der Waals surface area contributed by atoms with Crippen molar-refractivity contribution in [2.24, 2.45) is 0 Å². The van der Waals surface area contributed by atoms with Crippen LogP contribution in [0.3, 0.4) is 0 Å². The van der Waals surface area contributed by atoms with Gasteiger partial charge < -0.3 is 19.3 Å². The van der Waals surface area contributed by atoms with Crippen molar-refractivity contribution < 1.29 is 38.5 Å². The minimum absolute atomic E-state index is 0.00985. The number of nitrogens with zero attached hydrogens (tertiary/aromatic N) is 11. The molecule has 4 aromatic carbocycles. The third-order valence-corrected chi connectivity index (χ3v) is 17.8. The van der Waals surface area contributed by atoms with E-state index >= 15 is 0 Å². The summed E-state index contributed by atoms with van der Waals surface area (Å²) in [6.45, 7) is 23.6. The molecule has 11 rings (SSSR count). The van der Waals surface area contributed by atoms with Gasteiger partial charge >= 0.3 is 23.9 Å². The molecule has 0 saturated heterocycles. The Bertz CT molecular complexity index is 5060. The minimum Gasteiger partial charge on any atom is -0.475 e. The molecule has 109 heavy (non-hydrogen) atoms. The Morgan fingerprint density at radius 1 is 0.358 bits per heavy atom. The Hall–Kier alpha value is -10.5. The lowest BCUT2D eigenvalue weighted by molar-refractivity contribution is 0.00429. The molecule has 562 valence electrons. The zero-order valence-corrected chi connectivity index (χ0v) is 66.7. The summed E-state index contributed by atoms with van der Waals surface area (Å²) in [6.07, 6.45) is 15.4. The number of aromatic nitrogens is 11. The molecule has 0 bridgehead atoms. The van der Waals surface area contributed by atoms with Crippen molar-refractivity contribution in [3.63, 3.8) is 0 Å². The number of ether oxygens (including phenoxy) is 3. The first-order valence-corrected chi connectivity index (χ1v) is 36.8. The quantitative estimate of drug-likeness (QED) is 0.0362. The Labute approximate surface area is 661 Å². The Morgan fingerprint density at radius 2 is 0.661 bits per heavy atom. The summed E-state index contributed by atoms with van der Waals surface area (Å²) in [5.41, 5.74) is 13.3. The lowest BCUT2D eigenvalue weighted by atomic mass is 9.98. The van der Waals surface area contributed by atoms with Gasteiger partial charge in [0.25, 0.3) is 0 Å². The van der Waals surface area contributed by atoms with Gasteiger partial charge in [0, 0.05) is 134 Å². The zero-order chi connectivity index (χ0) is 79.2. The predicted molar refractivity (Wildman–Crippen MR) is 425 cm³/mol. The molecular weight excluding hydrogens is 1480 g/mol. The van der Waals surface area contributed by atoms with Crippen molar-refractivity contribution >= 4 is 81.9 Å². The van der Waals surface area contributed by atoms with Crippen LogP contribution in [0.2, 0.25) is 25.2 Å². The summed E-state index contributed by atoms with van der Waals surface area (Å²) in [4.78, 5) is 95.3. The number of hydrogen-bond acceptors (Lipinski definition) is 18. The van der Waals surface area contributed by atoms with E-state index in [1.165, 1.54) is 0 Å². The molecule has 0 spiro atoms. The maximum atomic E-state index is 12.6. The van der Waals surface area contributed by atoms with E-state index in [0.29, 0.717) is 81.4 Å². The molecule has 24 heteroatoms. The molecule has 0 fully saturated rings. The molecule has 11 aromatic rings. The van der Waals surface area contributed by atoms with Crippen molar-refractivity contribution in [1.82, 2.24) is 54.8 Å². The first-order chi connectivity index (χ1) is 51.7. The normalized spacial score (nSPS) is 11.1. The van der Waals surface area contributed by atoms with Crippen LogP contribution in [-0.4, -0.2) is 101 Å². The van der Waals surface area contributed by atoms with E-state index in [-0.39, 0.29) is 28.5 Å². The van der Waals surface area contributed by atoms with Crippen LogP contribution in [0.5, 0.6) is 0 Å². The summed E-state index contributed by atoms with van der Waals surface area (Å²) < 4.78 is 16.2. The number of carboxylic acids is 1. The van der Waals surface area contributed by atoms with Crippen LogP contribution in [-0.2, 0) is 65.6 Å². The van der Waals surface area contributed by atoms with E-state index in [2.05, 4.69) is 66.7 Å². The van der Waals surface area contributed by atoms with E-state index in [1.54, 1.807) is 85.6 Å². The SMILES string of the molecule is Cc1nc(C(=O)O)nc(CCc2ccncc2)c1Cc1ccccc1Cl.Cc1nc(C(=O)OC(C)(C)C)nc(C#Cc2ccncc2)c1Cc1ccccc1Cl.Cc1nc(C(=O)OC(C)(C)C)nc(CCc2ccncc2)c1Cc1ccccc1Cl.Cc1nc(C(=O)OC(C)(C)C)nc(Cl)c1Cc1ccccc1Cl. The van der Waals surface area contributed by atoms with E-state index in [9.17, 15) is 24.3 Å². The molecule has 0 aliphatic rings. The molecule has 19 nitrogen and oxygen atoms in total. The van der Waals surface area contributed by atoms with Gasteiger partial charge in [-0.3, -0.25) is 15.0 Å². The van der Waals surface area contributed by atoms with Gasteiger partial charge in [0.1, 0.15) is 27.7 Å². The minimum atomic E-state index is -1.12. The molecule has 1 N–H and O–H groups in total. The van der Waals surface area contributed by atoms with Crippen molar-refractivity contribution in [1.29, 1.82) is 0 Å². The first kappa shape index (κ1) is 84.2. The highest BCUT2D eigenvalue weighted by molar-refractivity contribution is 6.32. The number of carboxylic acid groups (broad SMARTS) is 1. The third kappa shape index (κ3) is 26.4. The maximum absolute atomic E-state index is 12.6. The molecule has 7 heterocycles. The summed E-state index contributed by atoms with van der Waals surface area (Å²) >= 11 is 31.4. The van der Waals surface area contributed by atoms with Gasteiger partial charge in [-0.2, -0.15) is 0 Å². The summed E-state index contributed by atoms with van der Waals surface area (Å²) in [7, 11) is 0. The van der Waals surface area contributed by atoms with Gasteiger partial charge in [0.2, 0.25) is 23.3 Å². The molecule has 0 radical (unpaired) electrons. The molecule has 0 atom stereocenters. The van der Waals surface area contributed by atoms with Crippen molar-refractivity contribution in [2.45, 2.75) is 158 Å². The molecule has 0 aliphatic carbocycles. The smallest absolute Gasteiger partial charge is 0.376 e. The Morgan fingerprint density at radius 3 is 1.02 bits per heavy atom. The highest BCUT2D eigenvalue weighted by Crippen LogP contribution is 2.29. The molecular formula is C85H84Cl5N11O8. The number of hydrogen-bond donors (Lipinski definition) is 1. The average molecular weight is 1560 g/mol. The second kappa shape index (κ2) is 39.1. The highest BCUT2D eigenvalue weighted by Gasteiger charge is 2.27. The van der Waals surface area contributed by atoms with Crippen molar-refractivity contribution in [2.75, 3.05) is 0 Å². The Balaban J connectivity index is 0.000000184. The van der Waals surface area contributed by atoms with Gasteiger partial charge in [0.05, 0.1) is 0 Å². The van der Waals surface area contributed by atoms with Crippen molar-refractivity contribution in [3.05, 3.63) is 320 Å². The molecule has 0 unspecified atom stereocenters. The summed E-state index contributed by atoms with van der Waals surface area (Å²) in [6, 6.07) is 41.9. The van der Waals surface area contributed by atoms with Gasteiger partial charge in [-0.25, -0.2) is 59.0 Å². The number of halogens is 5. The van der Waals surface area contributed by atoms with Crippen LogP contribution in [0.25, 0.3) is 0 Å². The fraction of sp³-hybridized carbons (Fsp3) is 0.282. The second-order valence-electron chi connectivity index (χ2n) is 28.1.